The summed E-state index contributed by atoms with van der Waals surface area (Å²) in [6, 6.07) is 3.56. The minimum Gasteiger partial charge on any atom is -0.493 e. The molecule has 5 heteroatoms. The molecule has 2 rings (SSSR count). The largest absolute Gasteiger partial charge is 0.493 e. The minimum absolute atomic E-state index is 0.0632. The Morgan fingerprint density at radius 1 is 1.56 bits per heavy atom. The normalized spacial score (nSPS) is 19.3. The van der Waals surface area contributed by atoms with Crippen molar-refractivity contribution in [1.82, 2.24) is 4.98 Å². The van der Waals surface area contributed by atoms with Crippen LogP contribution in [0.1, 0.15) is 19.3 Å². The van der Waals surface area contributed by atoms with E-state index in [0.29, 0.717) is 18.2 Å². The molecule has 2 heterocycles. The average Bonchev–Trinajstić information content (AvgIpc) is 2.46. The van der Waals surface area contributed by atoms with Crippen LogP contribution in [-0.4, -0.2) is 37.8 Å². The van der Waals surface area contributed by atoms with Crippen molar-refractivity contribution in [3.63, 3.8) is 0 Å². The molecule has 1 aromatic rings. The Morgan fingerprint density at radius 3 is 3.06 bits per heavy atom. The van der Waals surface area contributed by atoms with Crippen LogP contribution in [0.2, 0.25) is 0 Å². The zero-order chi connectivity index (χ0) is 13.0. The summed E-state index contributed by atoms with van der Waals surface area (Å²) in [5, 5.41) is 0. The summed E-state index contributed by atoms with van der Waals surface area (Å²) in [7, 11) is 3.26. The molecule has 18 heavy (non-hydrogen) atoms. The first-order chi connectivity index (χ1) is 8.74. The molecule has 1 unspecified atom stereocenters. The van der Waals surface area contributed by atoms with Gasteiger partial charge in [-0.1, -0.05) is 0 Å². The second kappa shape index (κ2) is 5.82. The maximum atomic E-state index is 12.3. The fourth-order valence-electron chi connectivity index (χ4n) is 2.05. The lowest BCUT2D eigenvalue weighted by molar-refractivity contribution is -0.132. The summed E-state index contributed by atoms with van der Waals surface area (Å²) in [5.41, 5.74) is 0. The second-order valence-electron chi connectivity index (χ2n) is 4.28. The Kier molecular flexibility index (Phi) is 4.15. The highest BCUT2D eigenvalue weighted by Gasteiger charge is 2.27. The first kappa shape index (κ1) is 12.8. The maximum absolute atomic E-state index is 12.3. The number of anilines is 1. The highest BCUT2D eigenvalue weighted by Crippen LogP contribution is 2.25. The van der Waals surface area contributed by atoms with Crippen LogP contribution < -0.4 is 9.64 Å². The molecule has 1 saturated heterocycles. The van der Waals surface area contributed by atoms with Crippen LogP contribution in [-0.2, 0) is 9.53 Å². The second-order valence-corrected chi connectivity index (χ2v) is 4.28. The number of pyridine rings is 1. The van der Waals surface area contributed by atoms with E-state index in [4.69, 9.17) is 9.47 Å². The van der Waals surface area contributed by atoms with Crippen molar-refractivity contribution >= 4 is 11.7 Å². The number of hydrogen-bond acceptors (Lipinski definition) is 4. The molecule has 0 N–H and O–H groups in total. The average molecular weight is 250 g/mol. The molecule has 0 radical (unpaired) electrons. The van der Waals surface area contributed by atoms with Crippen molar-refractivity contribution in [2.24, 2.45) is 0 Å². The van der Waals surface area contributed by atoms with E-state index >= 15 is 0 Å². The Hall–Kier alpha value is -1.62. The van der Waals surface area contributed by atoms with Crippen molar-refractivity contribution in [3.8, 4) is 5.75 Å². The van der Waals surface area contributed by atoms with Gasteiger partial charge in [-0.05, 0) is 31.4 Å². The van der Waals surface area contributed by atoms with Gasteiger partial charge in [0.1, 0.15) is 6.10 Å². The van der Waals surface area contributed by atoms with Crippen molar-refractivity contribution in [1.29, 1.82) is 0 Å². The summed E-state index contributed by atoms with van der Waals surface area (Å²) in [5.74, 6) is 1.05. The van der Waals surface area contributed by atoms with Gasteiger partial charge in [-0.2, -0.15) is 0 Å². The molecule has 0 aromatic carbocycles. The van der Waals surface area contributed by atoms with E-state index in [2.05, 4.69) is 4.98 Å². The SMILES string of the molecule is COc1cccnc1N(C)C(=O)C1CCCCO1. The van der Waals surface area contributed by atoms with Crippen LogP contribution in [0.5, 0.6) is 5.75 Å². The number of aromatic nitrogens is 1. The number of carbonyl (C=O) groups excluding carboxylic acids is 1. The van der Waals surface area contributed by atoms with Gasteiger partial charge in [-0.25, -0.2) is 4.98 Å². The lowest BCUT2D eigenvalue weighted by Gasteiger charge is -2.26. The topological polar surface area (TPSA) is 51.7 Å². The van der Waals surface area contributed by atoms with Gasteiger partial charge < -0.3 is 9.47 Å². The standard InChI is InChI=1S/C13H18N2O3/c1-15(12-10(17-2)7-5-8-14-12)13(16)11-6-3-4-9-18-11/h5,7-8,11H,3-4,6,9H2,1-2H3. The van der Waals surface area contributed by atoms with Gasteiger partial charge in [0.15, 0.2) is 11.6 Å². The van der Waals surface area contributed by atoms with Gasteiger partial charge in [0.05, 0.1) is 7.11 Å². The predicted molar refractivity (Wildman–Crippen MR) is 67.8 cm³/mol. The summed E-state index contributed by atoms with van der Waals surface area (Å²) in [4.78, 5) is 18.0. The number of amides is 1. The number of methoxy groups -OCH3 is 1. The van der Waals surface area contributed by atoms with Crippen molar-refractivity contribution in [2.45, 2.75) is 25.4 Å². The lowest BCUT2D eigenvalue weighted by atomic mass is 10.1. The number of ether oxygens (including phenoxy) is 2. The molecule has 1 aromatic heterocycles. The molecule has 1 atom stereocenters. The Balaban J connectivity index is 2.14. The summed E-state index contributed by atoms with van der Waals surface area (Å²) < 4.78 is 10.7. The van der Waals surface area contributed by atoms with Crippen LogP contribution in [0.15, 0.2) is 18.3 Å². The zero-order valence-corrected chi connectivity index (χ0v) is 10.8. The molecule has 1 aliphatic heterocycles. The van der Waals surface area contributed by atoms with E-state index in [1.807, 2.05) is 0 Å². The van der Waals surface area contributed by atoms with E-state index in [0.717, 1.165) is 19.3 Å². The molecule has 1 aliphatic rings. The molecule has 1 fully saturated rings. The quantitative estimate of drug-likeness (QED) is 0.818. The van der Waals surface area contributed by atoms with E-state index < -0.39 is 0 Å². The van der Waals surface area contributed by atoms with E-state index in [1.165, 1.54) is 4.90 Å². The van der Waals surface area contributed by atoms with E-state index in [-0.39, 0.29) is 12.0 Å². The maximum Gasteiger partial charge on any atom is 0.257 e. The fourth-order valence-corrected chi connectivity index (χ4v) is 2.05. The molecule has 0 saturated carbocycles. The highest BCUT2D eigenvalue weighted by atomic mass is 16.5. The first-order valence-electron chi connectivity index (χ1n) is 6.12. The van der Waals surface area contributed by atoms with Gasteiger partial charge in [0.2, 0.25) is 0 Å². The number of hydrogen-bond donors (Lipinski definition) is 0. The van der Waals surface area contributed by atoms with E-state index in [9.17, 15) is 4.79 Å². The third-order valence-electron chi connectivity index (χ3n) is 3.07. The van der Waals surface area contributed by atoms with E-state index in [1.54, 1.807) is 32.5 Å². The van der Waals surface area contributed by atoms with Crippen LogP contribution in [0.3, 0.4) is 0 Å². The minimum atomic E-state index is -0.351. The molecular formula is C13H18N2O3. The lowest BCUT2D eigenvalue weighted by Crippen LogP contribution is -2.40. The monoisotopic (exact) mass is 250 g/mol. The summed E-state index contributed by atoms with van der Waals surface area (Å²) in [6.45, 7) is 0.656. The van der Waals surface area contributed by atoms with Crippen LogP contribution in [0.4, 0.5) is 5.82 Å². The molecular weight excluding hydrogens is 232 g/mol. The third kappa shape index (κ3) is 2.61. The van der Waals surface area contributed by atoms with Gasteiger partial charge in [-0.15, -0.1) is 0 Å². The molecule has 0 aliphatic carbocycles. The summed E-state index contributed by atoms with van der Waals surface area (Å²) >= 11 is 0. The van der Waals surface area contributed by atoms with Gasteiger partial charge in [0, 0.05) is 19.9 Å². The zero-order valence-electron chi connectivity index (χ0n) is 10.8. The van der Waals surface area contributed by atoms with Crippen molar-refractivity contribution in [2.75, 3.05) is 25.7 Å². The highest BCUT2D eigenvalue weighted by molar-refractivity contribution is 5.96. The predicted octanol–water partition coefficient (Wildman–Crippen LogP) is 1.62. The number of nitrogens with zero attached hydrogens (tertiary/aromatic N) is 2. The van der Waals surface area contributed by atoms with Gasteiger partial charge in [-0.3, -0.25) is 9.69 Å². The third-order valence-corrected chi connectivity index (χ3v) is 3.07. The smallest absolute Gasteiger partial charge is 0.257 e. The number of carbonyl (C=O) groups is 1. The van der Waals surface area contributed by atoms with Crippen molar-refractivity contribution in [3.05, 3.63) is 18.3 Å². The molecule has 0 spiro atoms. The molecule has 0 bridgehead atoms. The summed E-state index contributed by atoms with van der Waals surface area (Å²) in [6.07, 6.45) is 4.13. The fraction of sp³-hybridized carbons (Fsp3) is 0.538. The van der Waals surface area contributed by atoms with Crippen molar-refractivity contribution < 1.29 is 14.3 Å². The van der Waals surface area contributed by atoms with Crippen LogP contribution in [0.25, 0.3) is 0 Å². The number of likely N-dealkylation sites (N-methyl/N-ethyl adjacent to an activating group) is 1. The van der Waals surface area contributed by atoms with Crippen LogP contribution >= 0.6 is 0 Å². The molecule has 98 valence electrons. The Bertz CT molecular complexity index is 416. The van der Waals surface area contributed by atoms with Crippen LogP contribution in [0, 0.1) is 0 Å². The number of rotatable bonds is 3. The Morgan fingerprint density at radius 2 is 2.39 bits per heavy atom. The molecule has 5 nitrogen and oxygen atoms in total. The Labute approximate surface area is 107 Å². The van der Waals surface area contributed by atoms with Gasteiger partial charge in [0.25, 0.3) is 5.91 Å². The molecule has 1 amide bonds. The first-order valence-corrected chi connectivity index (χ1v) is 6.12. The van der Waals surface area contributed by atoms with Gasteiger partial charge >= 0.3 is 0 Å².